The number of carbonyl (C=O) groups excluding carboxylic acids is 1. The van der Waals surface area contributed by atoms with E-state index in [1.54, 1.807) is 6.26 Å². The van der Waals surface area contributed by atoms with Crippen LogP contribution in [-0.4, -0.2) is 54.0 Å². The summed E-state index contributed by atoms with van der Waals surface area (Å²) in [6.07, 6.45) is 2.53. The van der Waals surface area contributed by atoms with Crippen LogP contribution >= 0.6 is 0 Å². The molecule has 1 aromatic heterocycles. The molecule has 1 aromatic carbocycles. The molecule has 2 aliphatic heterocycles. The minimum absolute atomic E-state index is 0.111. The van der Waals surface area contributed by atoms with Crippen molar-refractivity contribution in [3.05, 3.63) is 71.3 Å². The average Bonchev–Trinajstić information content (AvgIpc) is 3.20. The van der Waals surface area contributed by atoms with Crippen LogP contribution in [0.4, 0.5) is 0 Å². The van der Waals surface area contributed by atoms with Crippen LogP contribution in [0.15, 0.2) is 64.4 Å². The van der Waals surface area contributed by atoms with E-state index < -0.39 is 0 Å². The van der Waals surface area contributed by atoms with Gasteiger partial charge in [0.15, 0.2) is 0 Å². The second kappa shape index (κ2) is 7.73. The molecule has 138 valence electrons. The molecule has 5 heteroatoms. The molecule has 0 spiro atoms. The summed E-state index contributed by atoms with van der Waals surface area (Å²) in [6.45, 7) is 3.35. The number of hydrogen-bond acceptors (Lipinski definition) is 4. The molecule has 2 aliphatic rings. The van der Waals surface area contributed by atoms with Crippen molar-refractivity contribution in [1.82, 2.24) is 14.7 Å². The van der Waals surface area contributed by atoms with Gasteiger partial charge in [0.25, 0.3) is 5.91 Å². The van der Waals surface area contributed by atoms with E-state index in [9.17, 15) is 4.79 Å². The summed E-state index contributed by atoms with van der Waals surface area (Å²) in [5, 5.41) is 0. The van der Waals surface area contributed by atoms with E-state index in [0.29, 0.717) is 26.3 Å². The molecule has 0 radical (unpaired) electrons. The van der Waals surface area contributed by atoms with Gasteiger partial charge in [0, 0.05) is 37.8 Å². The van der Waals surface area contributed by atoms with E-state index in [1.807, 2.05) is 47.4 Å². The van der Waals surface area contributed by atoms with E-state index in [-0.39, 0.29) is 5.91 Å². The fraction of sp³-hybridized carbons (Fsp3) is 0.318. The van der Waals surface area contributed by atoms with Crippen molar-refractivity contribution in [3.63, 3.8) is 0 Å². The van der Waals surface area contributed by atoms with E-state index >= 15 is 0 Å². The van der Waals surface area contributed by atoms with Crippen molar-refractivity contribution in [2.75, 3.05) is 33.4 Å². The van der Waals surface area contributed by atoms with Gasteiger partial charge in [-0.05, 0) is 24.3 Å². The average molecular weight is 361 g/mol. The zero-order valence-corrected chi connectivity index (χ0v) is 15.5. The Balaban J connectivity index is 1.44. The SMILES string of the molecule is CN1CN(Cc2ccco2)C(=O)C2=C1CCN(CC#Cc1ccccc1)C2. The molecule has 1 amide bonds. The van der Waals surface area contributed by atoms with Crippen molar-refractivity contribution < 1.29 is 9.21 Å². The molecule has 3 heterocycles. The predicted octanol–water partition coefficient (Wildman–Crippen LogP) is 2.52. The van der Waals surface area contributed by atoms with Crippen molar-refractivity contribution in [1.29, 1.82) is 0 Å². The van der Waals surface area contributed by atoms with Crippen LogP contribution in [0.2, 0.25) is 0 Å². The normalized spacial score (nSPS) is 17.6. The van der Waals surface area contributed by atoms with Gasteiger partial charge >= 0.3 is 0 Å². The minimum atomic E-state index is 0.111. The van der Waals surface area contributed by atoms with Gasteiger partial charge in [0.2, 0.25) is 0 Å². The maximum absolute atomic E-state index is 13.0. The van der Waals surface area contributed by atoms with E-state index in [0.717, 1.165) is 29.9 Å². The molecule has 27 heavy (non-hydrogen) atoms. The Morgan fingerprint density at radius 1 is 1.15 bits per heavy atom. The number of furan rings is 1. The summed E-state index contributed by atoms with van der Waals surface area (Å²) in [5.41, 5.74) is 3.08. The van der Waals surface area contributed by atoms with Crippen molar-refractivity contribution in [2.24, 2.45) is 0 Å². The smallest absolute Gasteiger partial charge is 0.254 e. The van der Waals surface area contributed by atoms with Crippen LogP contribution in [0.25, 0.3) is 0 Å². The van der Waals surface area contributed by atoms with Crippen molar-refractivity contribution in [3.8, 4) is 11.8 Å². The summed E-state index contributed by atoms with van der Waals surface area (Å²) < 4.78 is 5.41. The molecular formula is C22H23N3O2. The zero-order valence-electron chi connectivity index (χ0n) is 15.5. The van der Waals surface area contributed by atoms with Gasteiger partial charge in [-0.2, -0.15) is 0 Å². The van der Waals surface area contributed by atoms with Gasteiger partial charge in [0.05, 0.1) is 31.6 Å². The van der Waals surface area contributed by atoms with Crippen LogP contribution in [0.5, 0.6) is 0 Å². The Kier molecular flexibility index (Phi) is 4.99. The molecule has 0 saturated heterocycles. The molecule has 0 aliphatic carbocycles. The molecule has 5 nitrogen and oxygen atoms in total. The standard InChI is InChI=1S/C22H23N3O2/c1-23-17-25(15-19-10-6-14-27-19)22(26)20-16-24(13-11-21(20)23)12-5-9-18-7-3-2-4-8-18/h2-4,6-8,10,14H,11-13,15-17H2,1H3. The van der Waals surface area contributed by atoms with Crippen LogP contribution in [-0.2, 0) is 11.3 Å². The molecule has 0 atom stereocenters. The summed E-state index contributed by atoms with van der Waals surface area (Å²) in [4.78, 5) is 19.3. The van der Waals surface area contributed by atoms with Gasteiger partial charge in [-0.25, -0.2) is 0 Å². The first-order valence-corrected chi connectivity index (χ1v) is 9.22. The van der Waals surface area contributed by atoms with E-state index in [4.69, 9.17) is 4.42 Å². The third-order valence-electron chi connectivity index (χ3n) is 5.02. The second-order valence-corrected chi connectivity index (χ2v) is 6.98. The van der Waals surface area contributed by atoms with Gasteiger partial charge in [-0.1, -0.05) is 30.0 Å². The lowest BCUT2D eigenvalue weighted by Gasteiger charge is -2.41. The Hall–Kier alpha value is -2.97. The second-order valence-electron chi connectivity index (χ2n) is 6.98. The lowest BCUT2D eigenvalue weighted by atomic mass is 10.0. The van der Waals surface area contributed by atoms with Crippen LogP contribution < -0.4 is 0 Å². The van der Waals surface area contributed by atoms with Crippen molar-refractivity contribution in [2.45, 2.75) is 13.0 Å². The number of rotatable bonds is 3. The quantitative estimate of drug-likeness (QED) is 0.788. The van der Waals surface area contributed by atoms with Crippen LogP contribution in [0.1, 0.15) is 17.7 Å². The van der Waals surface area contributed by atoms with Crippen molar-refractivity contribution >= 4 is 5.91 Å². The first-order chi connectivity index (χ1) is 13.2. The largest absolute Gasteiger partial charge is 0.467 e. The molecule has 0 bridgehead atoms. The third-order valence-corrected chi connectivity index (χ3v) is 5.02. The maximum atomic E-state index is 13.0. The maximum Gasteiger partial charge on any atom is 0.254 e. The molecule has 0 unspecified atom stereocenters. The van der Waals surface area contributed by atoms with Crippen LogP contribution in [0.3, 0.4) is 0 Å². The van der Waals surface area contributed by atoms with Gasteiger partial charge in [-0.15, -0.1) is 0 Å². The van der Waals surface area contributed by atoms with Gasteiger partial charge in [-0.3, -0.25) is 9.69 Å². The molecule has 0 saturated carbocycles. The van der Waals surface area contributed by atoms with E-state index in [1.165, 1.54) is 5.70 Å². The molecule has 4 rings (SSSR count). The first-order valence-electron chi connectivity index (χ1n) is 9.22. The summed E-state index contributed by atoms with van der Waals surface area (Å²) in [6, 6.07) is 13.8. The molecule has 0 N–H and O–H groups in total. The highest BCUT2D eigenvalue weighted by atomic mass is 16.3. The third kappa shape index (κ3) is 3.91. The van der Waals surface area contributed by atoms with Gasteiger partial charge < -0.3 is 14.2 Å². The highest BCUT2D eigenvalue weighted by Crippen LogP contribution is 2.27. The van der Waals surface area contributed by atoms with Crippen LogP contribution in [0, 0.1) is 11.8 Å². The fourth-order valence-electron chi connectivity index (χ4n) is 3.64. The molecule has 0 fully saturated rings. The Bertz CT molecular complexity index is 891. The lowest BCUT2D eigenvalue weighted by Crippen LogP contribution is -2.50. The number of amides is 1. The van der Waals surface area contributed by atoms with E-state index in [2.05, 4.69) is 28.7 Å². The van der Waals surface area contributed by atoms with Gasteiger partial charge in [0.1, 0.15) is 5.76 Å². The number of hydrogen-bond donors (Lipinski definition) is 0. The topological polar surface area (TPSA) is 39.9 Å². The summed E-state index contributed by atoms with van der Waals surface area (Å²) >= 11 is 0. The Morgan fingerprint density at radius 3 is 2.78 bits per heavy atom. The summed E-state index contributed by atoms with van der Waals surface area (Å²) in [5.74, 6) is 7.36. The Morgan fingerprint density at radius 2 is 2.00 bits per heavy atom. The lowest BCUT2D eigenvalue weighted by molar-refractivity contribution is -0.132. The monoisotopic (exact) mass is 361 g/mol. The highest BCUT2D eigenvalue weighted by Gasteiger charge is 2.33. The Labute approximate surface area is 159 Å². The first kappa shape index (κ1) is 17.4. The fourth-order valence-corrected chi connectivity index (χ4v) is 3.64. The number of nitrogens with zero attached hydrogens (tertiary/aromatic N) is 3. The highest BCUT2D eigenvalue weighted by molar-refractivity contribution is 5.95. The molecule has 2 aromatic rings. The minimum Gasteiger partial charge on any atom is -0.467 e. The predicted molar refractivity (Wildman–Crippen MR) is 103 cm³/mol. The molecular weight excluding hydrogens is 338 g/mol. The zero-order chi connectivity index (χ0) is 18.6. The number of carbonyl (C=O) groups is 1. The summed E-state index contributed by atoms with van der Waals surface area (Å²) in [7, 11) is 2.06. The number of benzene rings is 1.